The third-order valence-electron chi connectivity index (χ3n) is 3.55. The summed E-state index contributed by atoms with van der Waals surface area (Å²) in [6.45, 7) is 3.41. The van der Waals surface area contributed by atoms with Gasteiger partial charge in [0.25, 0.3) is 5.91 Å². The summed E-state index contributed by atoms with van der Waals surface area (Å²) in [6.07, 6.45) is 2.47. The Hall–Kier alpha value is -0.690. The summed E-state index contributed by atoms with van der Waals surface area (Å²) in [4.78, 5) is 14.1. The summed E-state index contributed by atoms with van der Waals surface area (Å²) in [7, 11) is 3.86. The van der Waals surface area contributed by atoms with Gasteiger partial charge < -0.3 is 21.3 Å². The molecule has 1 amide bonds. The van der Waals surface area contributed by atoms with Crippen LogP contribution in [0.1, 0.15) is 26.2 Å². The first-order valence-electron chi connectivity index (χ1n) is 6.78. The normalized spacial score (nSPS) is 26.8. The van der Waals surface area contributed by atoms with E-state index in [2.05, 4.69) is 16.0 Å². The van der Waals surface area contributed by atoms with Crippen LogP contribution in [-0.2, 0) is 4.79 Å². The molecule has 1 aliphatic heterocycles. The standard InChI is InChI=1S/C12H27N5O/c1-4-16-11(13)12(18)17-7-5-6-9(14-2)8-10(17)15-3/h9-11,14-16H,4-8,13H2,1-3H3. The van der Waals surface area contributed by atoms with E-state index in [9.17, 15) is 4.79 Å². The minimum absolute atomic E-state index is 0.0204. The lowest BCUT2D eigenvalue weighted by molar-refractivity contribution is -0.136. The van der Waals surface area contributed by atoms with Gasteiger partial charge in [0.2, 0.25) is 0 Å². The zero-order chi connectivity index (χ0) is 13.5. The van der Waals surface area contributed by atoms with E-state index in [0.29, 0.717) is 12.6 Å². The Balaban J connectivity index is 2.69. The minimum Gasteiger partial charge on any atom is -0.325 e. The number of nitrogens with two attached hydrogens (primary N) is 1. The smallest absolute Gasteiger partial charge is 0.255 e. The largest absolute Gasteiger partial charge is 0.325 e. The van der Waals surface area contributed by atoms with Crippen LogP contribution < -0.4 is 21.7 Å². The maximum atomic E-state index is 12.3. The second-order valence-electron chi connectivity index (χ2n) is 4.73. The Morgan fingerprint density at radius 1 is 1.44 bits per heavy atom. The van der Waals surface area contributed by atoms with E-state index >= 15 is 0 Å². The van der Waals surface area contributed by atoms with Crippen molar-refractivity contribution in [3.8, 4) is 0 Å². The molecule has 0 aromatic rings. The third kappa shape index (κ3) is 3.91. The number of nitrogens with one attached hydrogen (secondary N) is 3. The van der Waals surface area contributed by atoms with Crippen LogP contribution in [0.3, 0.4) is 0 Å². The molecule has 0 saturated carbocycles. The summed E-state index contributed by atoms with van der Waals surface area (Å²) in [5.41, 5.74) is 5.85. The monoisotopic (exact) mass is 257 g/mol. The minimum atomic E-state index is -0.600. The van der Waals surface area contributed by atoms with E-state index in [1.165, 1.54) is 0 Å². The van der Waals surface area contributed by atoms with Crippen molar-refractivity contribution in [3.05, 3.63) is 0 Å². The van der Waals surface area contributed by atoms with E-state index in [1.807, 2.05) is 25.9 Å². The molecule has 0 radical (unpaired) electrons. The number of rotatable bonds is 5. The van der Waals surface area contributed by atoms with Gasteiger partial charge in [-0.15, -0.1) is 0 Å². The molecule has 6 heteroatoms. The number of amides is 1. The van der Waals surface area contributed by atoms with Crippen molar-refractivity contribution in [2.24, 2.45) is 5.73 Å². The molecule has 5 N–H and O–H groups in total. The van der Waals surface area contributed by atoms with Crippen molar-refractivity contribution in [2.75, 3.05) is 27.2 Å². The van der Waals surface area contributed by atoms with Gasteiger partial charge in [0, 0.05) is 12.6 Å². The molecule has 6 nitrogen and oxygen atoms in total. The van der Waals surface area contributed by atoms with Gasteiger partial charge in [-0.2, -0.15) is 0 Å². The summed E-state index contributed by atoms with van der Waals surface area (Å²) in [5.74, 6) is -0.0204. The van der Waals surface area contributed by atoms with E-state index in [1.54, 1.807) is 0 Å². The van der Waals surface area contributed by atoms with Gasteiger partial charge in [-0.1, -0.05) is 6.92 Å². The van der Waals surface area contributed by atoms with Crippen molar-refractivity contribution in [2.45, 2.75) is 44.6 Å². The lowest BCUT2D eigenvalue weighted by atomic mass is 10.1. The van der Waals surface area contributed by atoms with Crippen LogP contribution in [0, 0.1) is 0 Å². The first-order chi connectivity index (χ1) is 8.63. The van der Waals surface area contributed by atoms with E-state index in [-0.39, 0.29) is 12.1 Å². The van der Waals surface area contributed by atoms with Crippen LogP contribution in [0.15, 0.2) is 0 Å². The van der Waals surface area contributed by atoms with Gasteiger partial charge in [0.1, 0.15) is 6.17 Å². The molecule has 0 bridgehead atoms. The highest BCUT2D eigenvalue weighted by atomic mass is 16.2. The average Bonchev–Trinajstić information content (AvgIpc) is 2.59. The number of carbonyl (C=O) groups is 1. The Kier molecular flexibility index (Phi) is 6.56. The number of hydrogen-bond acceptors (Lipinski definition) is 5. The van der Waals surface area contributed by atoms with Crippen molar-refractivity contribution in [1.29, 1.82) is 0 Å². The zero-order valence-corrected chi connectivity index (χ0v) is 11.7. The molecule has 1 heterocycles. The molecular weight excluding hydrogens is 230 g/mol. The average molecular weight is 257 g/mol. The molecule has 18 heavy (non-hydrogen) atoms. The van der Waals surface area contributed by atoms with E-state index < -0.39 is 6.17 Å². The maximum absolute atomic E-state index is 12.3. The van der Waals surface area contributed by atoms with Gasteiger partial charge in [0.15, 0.2) is 0 Å². The van der Waals surface area contributed by atoms with E-state index in [4.69, 9.17) is 5.73 Å². The van der Waals surface area contributed by atoms with E-state index in [0.717, 1.165) is 25.8 Å². The molecule has 106 valence electrons. The Morgan fingerprint density at radius 3 is 2.72 bits per heavy atom. The SMILES string of the molecule is CCNC(N)C(=O)N1CCCC(NC)CC1NC. The van der Waals surface area contributed by atoms with Crippen LogP contribution in [0.5, 0.6) is 0 Å². The first kappa shape index (κ1) is 15.4. The number of nitrogens with zero attached hydrogens (tertiary/aromatic N) is 1. The highest BCUT2D eigenvalue weighted by molar-refractivity contribution is 5.81. The topological polar surface area (TPSA) is 82.4 Å². The van der Waals surface area contributed by atoms with Crippen LogP contribution in [0.4, 0.5) is 0 Å². The molecule has 0 spiro atoms. The van der Waals surface area contributed by atoms with Crippen LogP contribution in [-0.4, -0.2) is 56.4 Å². The molecule has 3 unspecified atom stereocenters. The molecule has 1 rings (SSSR count). The van der Waals surface area contributed by atoms with Crippen molar-refractivity contribution in [3.63, 3.8) is 0 Å². The van der Waals surface area contributed by atoms with Crippen molar-refractivity contribution in [1.82, 2.24) is 20.9 Å². The fraction of sp³-hybridized carbons (Fsp3) is 0.917. The fourth-order valence-electron chi connectivity index (χ4n) is 2.46. The maximum Gasteiger partial charge on any atom is 0.255 e. The lowest BCUT2D eigenvalue weighted by Crippen LogP contribution is -2.57. The zero-order valence-electron chi connectivity index (χ0n) is 11.7. The Bertz CT molecular complexity index is 261. The number of likely N-dealkylation sites (N-methyl/N-ethyl adjacent to an activating group) is 1. The number of likely N-dealkylation sites (tertiary alicyclic amines) is 1. The highest BCUT2D eigenvalue weighted by Gasteiger charge is 2.30. The third-order valence-corrected chi connectivity index (χ3v) is 3.55. The quantitative estimate of drug-likeness (QED) is 0.476. The predicted molar refractivity (Wildman–Crippen MR) is 72.9 cm³/mol. The molecule has 1 saturated heterocycles. The highest BCUT2D eigenvalue weighted by Crippen LogP contribution is 2.16. The molecule has 0 aliphatic carbocycles. The van der Waals surface area contributed by atoms with Crippen LogP contribution in [0.25, 0.3) is 0 Å². The second-order valence-corrected chi connectivity index (χ2v) is 4.73. The lowest BCUT2D eigenvalue weighted by Gasteiger charge is -2.32. The van der Waals surface area contributed by atoms with Gasteiger partial charge in [-0.05, 0) is 39.9 Å². The number of carbonyl (C=O) groups excluding carboxylic acids is 1. The number of hydrogen-bond donors (Lipinski definition) is 4. The molecular formula is C12H27N5O. The van der Waals surface area contributed by atoms with Crippen LogP contribution in [0.2, 0.25) is 0 Å². The summed E-state index contributed by atoms with van der Waals surface area (Å²) >= 11 is 0. The summed E-state index contributed by atoms with van der Waals surface area (Å²) in [5, 5.41) is 9.49. The van der Waals surface area contributed by atoms with Gasteiger partial charge in [-0.25, -0.2) is 0 Å². The predicted octanol–water partition coefficient (Wildman–Crippen LogP) is -0.973. The second kappa shape index (κ2) is 7.68. The van der Waals surface area contributed by atoms with Gasteiger partial charge in [-0.3, -0.25) is 10.1 Å². The summed E-state index contributed by atoms with van der Waals surface area (Å²) in [6, 6.07) is 0.454. The Labute approximate surface area is 110 Å². The van der Waals surface area contributed by atoms with Gasteiger partial charge in [0.05, 0.1) is 6.17 Å². The molecule has 0 aromatic heterocycles. The van der Waals surface area contributed by atoms with Crippen molar-refractivity contribution >= 4 is 5.91 Å². The Morgan fingerprint density at radius 2 is 2.17 bits per heavy atom. The molecule has 1 aliphatic rings. The molecule has 0 aromatic carbocycles. The molecule has 3 atom stereocenters. The molecule has 1 fully saturated rings. The summed E-state index contributed by atoms with van der Waals surface area (Å²) < 4.78 is 0. The van der Waals surface area contributed by atoms with Gasteiger partial charge >= 0.3 is 0 Å². The fourth-order valence-corrected chi connectivity index (χ4v) is 2.46. The van der Waals surface area contributed by atoms with Crippen LogP contribution >= 0.6 is 0 Å². The first-order valence-corrected chi connectivity index (χ1v) is 6.78. The van der Waals surface area contributed by atoms with Crippen molar-refractivity contribution < 1.29 is 4.79 Å².